The number of aryl methyl sites for hydroxylation is 1. The van der Waals surface area contributed by atoms with Crippen molar-refractivity contribution in [2.24, 2.45) is 0 Å². The Morgan fingerprint density at radius 1 is 0.882 bits per heavy atom. The van der Waals surface area contributed by atoms with E-state index in [0.717, 1.165) is 66.0 Å². The molecule has 1 saturated heterocycles. The van der Waals surface area contributed by atoms with Crippen molar-refractivity contribution in [3.05, 3.63) is 108 Å². The molecule has 1 aliphatic heterocycles. The molecule has 1 aliphatic rings. The van der Waals surface area contributed by atoms with Crippen LogP contribution in [-0.2, 0) is 0 Å². The minimum atomic E-state index is 0.0907. The van der Waals surface area contributed by atoms with E-state index in [4.69, 9.17) is 4.98 Å². The number of hydrogen-bond acceptors (Lipinski definition) is 3. The Labute approximate surface area is 201 Å². The van der Waals surface area contributed by atoms with Crippen molar-refractivity contribution in [2.75, 3.05) is 32.7 Å². The first-order valence-electron chi connectivity index (χ1n) is 11.9. The molecular formula is C30H29N3O. The number of fused-ring (bicyclic) bond motifs is 1. The molecule has 1 aromatic heterocycles. The molecule has 34 heavy (non-hydrogen) atoms. The number of aromatic nitrogens is 1. The van der Waals surface area contributed by atoms with Crippen molar-refractivity contribution in [3.63, 3.8) is 0 Å². The van der Waals surface area contributed by atoms with Crippen LogP contribution in [0.3, 0.4) is 0 Å². The first-order chi connectivity index (χ1) is 16.7. The standard InChI is InChI=1S/C30H29N3O/c1-23-10-5-6-14-25(23)29-22-27(26-15-7-8-16-28(26)31-29)30(34)33-20-18-32(19-21-33)17-9-13-24-11-3-2-4-12-24/h2-16,22H,17-21H2,1H3/b13-9+. The molecule has 170 valence electrons. The van der Waals surface area contributed by atoms with Crippen LogP contribution in [0, 0.1) is 6.92 Å². The molecule has 0 spiro atoms. The fourth-order valence-corrected chi connectivity index (χ4v) is 4.56. The zero-order valence-corrected chi connectivity index (χ0v) is 19.5. The lowest BCUT2D eigenvalue weighted by Gasteiger charge is -2.34. The third-order valence-corrected chi connectivity index (χ3v) is 6.50. The van der Waals surface area contributed by atoms with Crippen LogP contribution in [0.15, 0.2) is 91.0 Å². The number of benzene rings is 3. The summed E-state index contributed by atoms with van der Waals surface area (Å²) in [6.07, 6.45) is 4.37. The number of carbonyl (C=O) groups is 1. The smallest absolute Gasteiger partial charge is 0.254 e. The highest BCUT2D eigenvalue weighted by molar-refractivity contribution is 6.07. The fraction of sp³-hybridized carbons (Fsp3) is 0.200. The topological polar surface area (TPSA) is 36.4 Å². The molecule has 4 aromatic rings. The highest BCUT2D eigenvalue weighted by Crippen LogP contribution is 2.28. The Bertz CT molecular complexity index is 1320. The Hall–Kier alpha value is -3.76. The van der Waals surface area contributed by atoms with Crippen LogP contribution in [0.2, 0.25) is 0 Å². The first kappa shape index (κ1) is 22.1. The van der Waals surface area contributed by atoms with Gasteiger partial charge in [-0.2, -0.15) is 0 Å². The number of rotatable bonds is 5. The zero-order valence-electron chi connectivity index (χ0n) is 19.5. The van der Waals surface area contributed by atoms with Crippen LogP contribution in [0.5, 0.6) is 0 Å². The molecule has 5 rings (SSSR count). The van der Waals surface area contributed by atoms with Gasteiger partial charge in [0.05, 0.1) is 16.8 Å². The molecular weight excluding hydrogens is 418 g/mol. The molecule has 0 unspecified atom stereocenters. The summed E-state index contributed by atoms with van der Waals surface area (Å²) in [5.74, 6) is 0.0907. The monoisotopic (exact) mass is 447 g/mol. The van der Waals surface area contributed by atoms with Crippen molar-refractivity contribution in [2.45, 2.75) is 6.92 Å². The summed E-state index contributed by atoms with van der Waals surface area (Å²) in [7, 11) is 0. The Balaban J connectivity index is 1.33. The van der Waals surface area contributed by atoms with Crippen molar-refractivity contribution in [1.82, 2.24) is 14.8 Å². The van der Waals surface area contributed by atoms with Gasteiger partial charge in [-0.05, 0) is 30.2 Å². The molecule has 4 heteroatoms. The number of hydrogen-bond donors (Lipinski definition) is 0. The average molecular weight is 448 g/mol. The summed E-state index contributed by atoms with van der Waals surface area (Å²) in [5, 5.41) is 0.915. The Morgan fingerprint density at radius 3 is 2.38 bits per heavy atom. The van der Waals surface area contributed by atoms with Crippen LogP contribution in [0.4, 0.5) is 0 Å². The second-order valence-electron chi connectivity index (χ2n) is 8.79. The maximum absolute atomic E-state index is 13.7. The molecule has 0 bridgehead atoms. The number of nitrogens with zero attached hydrogens (tertiary/aromatic N) is 3. The van der Waals surface area contributed by atoms with Crippen LogP contribution >= 0.6 is 0 Å². The van der Waals surface area contributed by atoms with Gasteiger partial charge in [0.25, 0.3) is 5.91 Å². The summed E-state index contributed by atoms with van der Waals surface area (Å²) in [4.78, 5) is 22.9. The van der Waals surface area contributed by atoms with E-state index in [9.17, 15) is 4.79 Å². The summed E-state index contributed by atoms with van der Waals surface area (Å²) in [6.45, 7) is 6.19. The highest BCUT2D eigenvalue weighted by Gasteiger charge is 2.24. The van der Waals surface area contributed by atoms with E-state index in [1.807, 2.05) is 53.4 Å². The second-order valence-corrected chi connectivity index (χ2v) is 8.79. The summed E-state index contributed by atoms with van der Waals surface area (Å²) in [6, 6.07) is 28.5. The van der Waals surface area contributed by atoms with E-state index < -0.39 is 0 Å². The number of para-hydroxylation sites is 1. The van der Waals surface area contributed by atoms with Gasteiger partial charge in [0, 0.05) is 43.7 Å². The van der Waals surface area contributed by atoms with E-state index in [-0.39, 0.29) is 5.91 Å². The van der Waals surface area contributed by atoms with E-state index in [0.29, 0.717) is 0 Å². The second kappa shape index (κ2) is 10.0. The largest absolute Gasteiger partial charge is 0.336 e. The third kappa shape index (κ3) is 4.78. The first-order valence-corrected chi connectivity index (χ1v) is 11.9. The lowest BCUT2D eigenvalue weighted by molar-refractivity contribution is 0.0652. The van der Waals surface area contributed by atoms with E-state index >= 15 is 0 Å². The number of piperazine rings is 1. The molecule has 0 saturated carbocycles. The Morgan fingerprint density at radius 2 is 1.59 bits per heavy atom. The number of carbonyl (C=O) groups excluding carboxylic acids is 1. The molecule has 1 amide bonds. The molecule has 2 heterocycles. The number of amides is 1. The van der Waals surface area contributed by atoms with E-state index in [2.05, 4.69) is 60.4 Å². The molecule has 0 radical (unpaired) electrons. The molecule has 0 aliphatic carbocycles. The number of pyridine rings is 1. The van der Waals surface area contributed by atoms with Crippen LogP contribution in [0.1, 0.15) is 21.5 Å². The predicted molar refractivity (Wildman–Crippen MR) is 140 cm³/mol. The molecule has 3 aromatic carbocycles. The van der Waals surface area contributed by atoms with Crippen LogP contribution in [0.25, 0.3) is 28.2 Å². The van der Waals surface area contributed by atoms with Crippen LogP contribution < -0.4 is 0 Å². The molecule has 0 N–H and O–H groups in total. The normalized spacial score (nSPS) is 14.7. The van der Waals surface area contributed by atoms with Crippen molar-refractivity contribution >= 4 is 22.9 Å². The van der Waals surface area contributed by atoms with Crippen molar-refractivity contribution < 1.29 is 4.79 Å². The summed E-state index contributed by atoms with van der Waals surface area (Å²) < 4.78 is 0. The van der Waals surface area contributed by atoms with Gasteiger partial charge in [0.15, 0.2) is 0 Å². The maximum Gasteiger partial charge on any atom is 0.254 e. The lowest BCUT2D eigenvalue weighted by atomic mass is 10.0. The summed E-state index contributed by atoms with van der Waals surface area (Å²) in [5.41, 5.74) is 5.88. The van der Waals surface area contributed by atoms with Gasteiger partial charge in [-0.3, -0.25) is 9.69 Å². The SMILES string of the molecule is Cc1ccccc1-c1cc(C(=O)N2CCN(C/C=C/c3ccccc3)CC2)c2ccccc2n1. The minimum absolute atomic E-state index is 0.0907. The highest BCUT2D eigenvalue weighted by atomic mass is 16.2. The predicted octanol–water partition coefficient (Wildman–Crippen LogP) is 5.68. The van der Waals surface area contributed by atoms with Crippen LogP contribution in [-0.4, -0.2) is 53.4 Å². The lowest BCUT2D eigenvalue weighted by Crippen LogP contribution is -2.48. The molecule has 1 fully saturated rings. The minimum Gasteiger partial charge on any atom is -0.336 e. The van der Waals surface area contributed by atoms with Crippen molar-refractivity contribution in [1.29, 1.82) is 0 Å². The van der Waals surface area contributed by atoms with Gasteiger partial charge < -0.3 is 4.90 Å². The average Bonchev–Trinajstić information content (AvgIpc) is 2.89. The van der Waals surface area contributed by atoms with Gasteiger partial charge >= 0.3 is 0 Å². The zero-order chi connectivity index (χ0) is 23.3. The quantitative estimate of drug-likeness (QED) is 0.395. The van der Waals surface area contributed by atoms with E-state index in [1.165, 1.54) is 5.56 Å². The van der Waals surface area contributed by atoms with Gasteiger partial charge in [-0.1, -0.05) is 84.9 Å². The summed E-state index contributed by atoms with van der Waals surface area (Å²) >= 11 is 0. The maximum atomic E-state index is 13.7. The van der Waals surface area contributed by atoms with Gasteiger partial charge in [-0.15, -0.1) is 0 Å². The van der Waals surface area contributed by atoms with E-state index in [1.54, 1.807) is 0 Å². The molecule has 0 atom stereocenters. The molecule has 4 nitrogen and oxygen atoms in total. The fourth-order valence-electron chi connectivity index (χ4n) is 4.56. The van der Waals surface area contributed by atoms with Gasteiger partial charge in [0.1, 0.15) is 0 Å². The van der Waals surface area contributed by atoms with Gasteiger partial charge in [0.2, 0.25) is 0 Å². The van der Waals surface area contributed by atoms with Gasteiger partial charge in [-0.25, -0.2) is 4.98 Å². The Kier molecular flexibility index (Phi) is 6.50. The third-order valence-electron chi connectivity index (χ3n) is 6.50. The van der Waals surface area contributed by atoms with Crippen molar-refractivity contribution in [3.8, 4) is 11.3 Å².